The predicted molar refractivity (Wildman–Crippen MR) is 56.8 cm³/mol. The molecule has 2 rings (SSSR count). The highest BCUT2D eigenvalue weighted by Gasteiger charge is 2.15. The molecule has 2 nitrogen and oxygen atoms in total. The van der Waals surface area contributed by atoms with E-state index in [1.807, 2.05) is 13.0 Å². The molecule has 0 radical (unpaired) electrons. The van der Waals surface area contributed by atoms with Crippen LogP contribution in [0.15, 0.2) is 29.1 Å². The Morgan fingerprint density at radius 2 is 2.36 bits per heavy atom. The lowest BCUT2D eigenvalue weighted by Crippen LogP contribution is -1.93. The lowest BCUT2D eigenvalue weighted by atomic mass is 10.1. The third kappa shape index (κ3) is 1.71. The molecule has 4 heteroatoms. The molecule has 0 saturated carbocycles. The van der Waals surface area contributed by atoms with Crippen molar-refractivity contribution in [2.75, 3.05) is 0 Å². The molecule has 0 spiro atoms. The van der Waals surface area contributed by atoms with Crippen LogP contribution in [0, 0.1) is 6.92 Å². The molecule has 2 aromatic rings. The average Bonchev–Trinajstić information content (AvgIpc) is 2.76. The molecule has 2 heterocycles. The number of furan rings is 1. The standard InChI is InChI=1S/C10H9ClO2S/c1-6-4-8(14-10(6)11)9(12)7-2-3-13-5-7/h2-5,9,12H,1H3. The molecule has 14 heavy (non-hydrogen) atoms. The summed E-state index contributed by atoms with van der Waals surface area (Å²) in [6, 6.07) is 3.64. The van der Waals surface area contributed by atoms with Crippen LogP contribution < -0.4 is 0 Å². The topological polar surface area (TPSA) is 33.4 Å². The first-order valence-electron chi connectivity index (χ1n) is 4.14. The van der Waals surface area contributed by atoms with Gasteiger partial charge in [-0.1, -0.05) is 11.6 Å². The summed E-state index contributed by atoms with van der Waals surface area (Å²) in [6.45, 7) is 1.92. The summed E-state index contributed by atoms with van der Waals surface area (Å²) in [5, 5.41) is 9.91. The van der Waals surface area contributed by atoms with Crippen LogP contribution in [-0.4, -0.2) is 5.11 Å². The average molecular weight is 229 g/mol. The van der Waals surface area contributed by atoms with Crippen molar-refractivity contribution in [3.05, 3.63) is 45.0 Å². The van der Waals surface area contributed by atoms with E-state index in [0.717, 1.165) is 20.3 Å². The van der Waals surface area contributed by atoms with Crippen LogP contribution in [0.5, 0.6) is 0 Å². The van der Waals surface area contributed by atoms with Gasteiger partial charge in [0, 0.05) is 10.4 Å². The Labute approximate surface area is 90.8 Å². The quantitative estimate of drug-likeness (QED) is 0.855. The van der Waals surface area contributed by atoms with Gasteiger partial charge in [-0.3, -0.25) is 0 Å². The Hall–Kier alpha value is -0.770. The number of thiophene rings is 1. The van der Waals surface area contributed by atoms with Gasteiger partial charge in [-0.25, -0.2) is 0 Å². The number of aliphatic hydroxyl groups is 1. The van der Waals surface area contributed by atoms with Crippen LogP contribution in [0.1, 0.15) is 22.1 Å². The van der Waals surface area contributed by atoms with E-state index in [-0.39, 0.29) is 0 Å². The fourth-order valence-corrected chi connectivity index (χ4v) is 2.45. The number of aliphatic hydroxyl groups excluding tert-OH is 1. The molecule has 74 valence electrons. The molecule has 0 aliphatic carbocycles. The van der Waals surface area contributed by atoms with Crippen LogP contribution in [0.3, 0.4) is 0 Å². The molecule has 0 aromatic carbocycles. The smallest absolute Gasteiger partial charge is 0.116 e. The third-order valence-corrected chi connectivity index (χ3v) is 3.61. The Kier molecular flexibility index (Phi) is 2.63. The molecular formula is C10H9ClO2S. The van der Waals surface area contributed by atoms with Crippen molar-refractivity contribution < 1.29 is 9.52 Å². The Morgan fingerprint density at radius 3 is 2.86 bits per heavy atom. The summed E-state index contributed by atoms with van der Waals surface area (Å²) >= 11 is 7.31. The molecule has 0 bridgehead atoms. The zero-order valence-electron chi connectivity index (χ0n) is 7.53. The molecule has 0 aliphatic heterocycles. The van der Waals surface area contributed by atoms with Crippen LogP contribution in [0.4, 0.5) is 0 Å². The minimum Gasteiger partial charge on any atom is -0.472 e. The van der Waals surface area contributed by atoms with Crippen LogP contribution in [0.25, 0.3) is 0 Å². The van der Waals surface area contributed by atoms with Crippen molar-refractivity contribution >= 4 is 22.9 Å². The van der Waals surface area contributed by atoms with Crippen molar-refractivity contribution in [1.82, 2.24) is 0 Å². The molecule has 1 unspecified atom stereocenters. The van der Waals surface area contributed by atoms with E-state index in [1.165, 1.54) is 17.6 Å². The van der Waals surface area contributed by atoms with Crippen LogP contribution in [0.2, 0.25) is 4.34 Å². The molecule has 2 aromatic heterocycles. The Bertz CT molecular complexity index is 400. The van der Waals surface area contributed by atoms with Crippen LogP contribution in [-0.2, 0) is 0 Å². The first-order chi connectivity index (χ1) is 6.68. The van der Waals surface area contributed by atoms with E-state index in [9.17, 15) is 5.11 Å². The van der Waals surface area contributed by atoms with Gasteiger partial charge in [-0.15, -0.1) is 11.3 Å². The zero-order chi connectivity index (χ0) is 10.1. The summed E-state index contributed by atoms with van der Waals surface area (Å²) in [4.78, 5) is 0.842. The van der Waals surface area contributed by atoms with Crippen molar-refractivity contribution in [2.45, 2.75) is 13.0 Å². The van der Waals surface area contributed by atoms with Gasteiger partial charge in [0.2, 0.25) is 0 Å². The van der Waals surface area contributed by atoms with E-state index < -0.39 is 6.10 Å². The largest absolute Gasteiger partial charge is 0.472 e. The number of rotatable bonds is 2. The van der Waals surface area contributed by atoms with E-state index >= 15 is 0 Å². The van der Waals surface area contributed by atoms with Crippen LogP contribution >= 0.6 is 22.9 Å². The zero-order valence-corrected chi connectivity index (χ0v) is 9.10. The van der Waals surface area contributed by atoms with Gasteiger partial charge in [0.1, 0.15) is 6.10 Å². The summed E-state index contributed by atoms with van der Waals surface area (Å²) in [5.74, 6) is 0. The minimum atomic E-state index is -0.634. The molecular weight excluding hydrogens is 220 g/mol. The second-order valence-corrected chi connectivity index (χ2v) is 4.75. The molecule has 0 aliphatic rings. The van der Waals surface area contributed by atoms with Gasteiger partial charge in [0.25, 0.3) is 0 Å². The highest BCUT2D eigenvalue weighted by molar-refractivity contribution is 7.16. The normalized spacial score (nSPS) is 13.1. The molecule has 1 atom stereocenters. The second-order valence-electron chi connectivity index (χ2n) is 3.06. The number of hydrogen-bond acceptors (Lipinski definition) is 3. The van der Waals surface area contributed by atoms with E-state index in [2.05, 4.69) is 0 Å². The van der Waals surface area contributed by atoms with Gasteiger partial charge in [-0.05, 0) is 24.6 Å². The van der Waals surface area contributed by atoms with E-state index in [4.69, 9.17) is 16.0 Å². The number of aryl methyl sites for hydroxylation is 1. The maximum atomic E-state index is 9.91. The van der Waals surface area contributed by atoms with Crippen molar-refractivity contribution in [3.8, 4) is 0 Å². The van der Waals surface area contributed by atoms with Crippen molar-refractivity contribution in [2.24, 2.45) is 0 Å². The summed E-state index contributed by atoms with van der Waals surface area (Å²) in [6.07, 6.45) is 2.44. The van der Waals surface area contributed by atoms with E-state index in [0.29, 0.717) is 0 Å². The van der Waals surface area contributed by atoms with Gasteiger partial charge >= 0.3 is 0 Å². The van der Waals surface area contributed by atoms with Crippen molar-refractivity contribution in [3.63, 3.8) is 0 Å². The summed E-state index contributed by atoms with van der Waals surface area (Å²) in [5.41, 5.74) is 1.75. The Balaban J connectivity index is 2.32. The fourth-order valence-electron chi connectivity index (χ4n) is 1.21. The fraction of sp³-hybridized carbons (Fsp3) is 0.200. The monoisotopic (exact) mass is 228 g/mol. The lowest BCUT2D eigenvalue weighted by molar-refractivity contribution is 0.223. The summed E-state index contributed by atoms with van der Waals surface area (Å²) < 4.78 is 5.63. The minimum absolute atomic E-state index is 0.634. The highest BCUT2D eigenvalue weighted by Crippen LogP contribution is 2.33. The van der Waals surface area contributed by atoms with Gasteiger partial charge < -0.3 is 9.52 Å². The first kappa shape index (κ1) is 9.77. The maximum Gasteiger partial charge on any atom is 0.116 e. The van der Waals surface area contributed by atoms with Gasteiger partial charge in [0.15, 0.2) is 0 Å². The first-order valence-corrected chi connectivity index (χ1v) is 5.34. The summed E-state index contributed by atoms with van der Waals surface area (Å²) in [7, 11) is 0. The number of halogens is 1. The number of hydrogen-bond donors (Lipinski definition) is 1. The molecule has 0 amide bonds. The molecule has 0 fully saturated rings. The molecule has 1 N–H and O–H groups in total. The predicted octanol–water partition coefficient (Wildman–Crippen LogP) is 3.38. The van der Waals surface area contributed by atoms with Gasteiger partial charge in [0.05, 0.1) is 16.9 Å². The van der Waals surface area contributed by atoms with E-state index in [1.54, 1.807) is 12.3 Å². The second kappa shape index (κ2) is 3.77. The van der Waals surface area contributed by atoms with Crippen molar-refractivity contribution in [1.29, 1.82) is 0 Å². The SMILES string of the molecule is Cc1cc(C(O)c2ccoc2)sc1Cl. The van der Waals surface area contributed by atoms with Gasteiger partial charge in [-0.2, -0.15) is 0 Å². The Morgan fingerprint density at radius 1 is 1.57 bits per heavy atom. The third-order valence-electron chi connectivity index (χ3n) is 2.00. The maximum absolute atomic E-state index is 9.91. The lowest BCUT2D eigenvalue weighted by Gasteiger charge is -2.03. The molecule has 0 saturated heterocycles. The highest BCUT2D eigenvalue weighted by atomic mass is 35.5.